The minimum atomic E-state index is -0.657. The zero-order valence-corrected chi connectivity index (χ0v) is 7.32. The van der Waals surface area contributed by atoms with Gasteiger partial charge in [-0.15, -0.1) is 0 Å². The Bertz CT molecular complexity index is 289. The summed E-state index contributed by atoms with van der Waals surface area (Å²) in [6, 6.07) is 0. The third-order valence-electron chi connectivity index (χ3n) is 4.37. The van der Waals surface area contributed by atoms with Crippen molar-refractivity contribution in [3.8, 4) is 0 Å². The number of carbonyl (C=O) groups excluding carboxylic acids is 1. The zero-order chi connectivity index (χ0) is 9.22. The number of carbonyl (C=O) groups is 2. The van der Waals surface area contributed by atoms with Gasteiger partial charge in [-0.25, -0.2) is 0 Å². The molecular weight excluding hydrogens is 168 g/mol. The first-order chi connectivity index (χ1) is 6.13. The highest BCUT2D eigenvalue weighted by molar-refractivity contribution is 5.91. The highest BCUT2D eigenvalue weighted by Crippen LogP contribution is 2.63. The van der Waals surface area contributed by atoms with Crippen LogP contribution < -0.4 is 0 Å². The molecule has 0 aromatic heterocycles. The number of carboxylic acids is 1. The van der Waals surface area contributed by atoms with E-state index in [1.807, 2.05) is 0 Å². The van der Waals surface area contributed by atoms with E-state index in [1.54, 1.807) is 0 Å². The van der Waals surface area contributed by atoms with E-state index in [-0.39, 0.29) is 11.8 Å². The highest BCUT2D eigenvalue weighted by atomic mass is 16.4. The molecule has 3 nitrogen and oxygen atoms in total. The molecule has 13 heavy (non-hydrogen) atoms. The number of carboxylic acid groups (broad SMARTS) is 1. The molecule has 0 aliphatic heterocycles. The molecule has 0 saturated heterocycles. The second-order valence-corrected chi connectivity index (χ2v) is 4.83. The molecule has 0 aromatic carbocycles. The van der Waals surface area contributed by atoms with E-state index in [4.69, 9.17) is 0 Å². The summed E-state index contributed by atoms with van der Waals surface area (Å²) >= 11 is 0. The van der Waals surface area contributed by atoms with Crippen LogP contribution in [0.3, 0.4) is 0 Å². The van der Waals surface area contributed by atoms with Gasteiger partial charge in [-0.05, 0) is 31.6 Å². The number of ketones is 1. The van der Waals surface area contributed by atoms with E-state index in [2.05, 4.69) is 0 Å². The monoisotopic (exact) mass is 180 g/mol. The number of Topliss-reactive ketones (excluding diaryl/α,β-unsaturated/α-hetero) is 1. The SMILES string of the molecule is O=C1C2CC3CC1CC3(C(=O)O)C2. The van der Waals surface area contributed by atoms with Crippen LogP contribution in [-0.2, 0) is 9.59 Å². The molecule has 4 aliphatic rings. The lowest BCUT2D eigenvalue weighted by molar-refractivity contribution is -0.151. The van der Waals surface area contributed by atoms with Crippen LogP contribution >= 0.6 is 0 Å². The largest absolute Gasteiger partial charge is 0.481 e. The first kappa shape index (κ1) is 7.54. The summed E-state index contributed by atoms with van der Waals surface area (Å²) in [5.41, 5.74) is -0.497. The maximum Gasteiger partial charge on any atom is 0.309 e. The topological polar surface area (TPSA) is 54.4 Å². The number of aliphatic carboxylic acids is 1. The van der Waals surface area contributed by atoms with Gasteiger partial charge >= 0.3 is 5.97 Å². The van der Waals surface area contributed by atoms with Crippen molar-refractivity contribution in [3.63, 3.8) is 0 Å². The van der Waals surface area contributed by atoms with Crippen molar-refractivity contribution >= 4 is 11.8 Å². The van der Waals surface area contributed by atoms with Crippen molar-refractivity contribution in [1.82, 2.24) is 0 Å². The molecule has 4 aliphatic carbocycles. The van der Waals surface area contributed by atoms with Crippen molar-refractivity contribution in [3.05, 3.63) is 0 Å². The Labute approximate surface area is 76.1 Å². The second-order valence-electron chi connectivity index (χ2n) is 4.83. The molecule has 2 unspecified atom stereocenters. The average molecular weight is 180 g/mol. The van der Waals surface area contributed by atoms with Crippen molar-refractivity contribution < 1.29 is 14.7 Å². The maximum absolute atomic E-state index is 11.6. The van der Waals surface area contributed by atoms with Gasteiger partial charge in [0, 0.05) is 11.8 Å². The average Bonchev–Trinajstić information content (AvgIpc) is 2.48. The Hall–Kier alpha value is -0.860. The Balaban J connectivity index is 2.06. The van der Waals surface area contributed by atoms with Gasteiger partial charge in [-0.2, -0.15) is 0 Å². The molecule has 1 N–H and O–H groups in total. The van der Waals surface area contributed by atoms with Crippen LogP contribution in [0.1, 0.15) is 25.7 Å². The number of hydrogen-bond acceptors (Lipinski definition) is 2. The normalized spacial score (nSPS) is 51.7. The van der Waals surface area contributed by atoms with E-state index in [0.29, 0.717) is 24.5 Å². The van der Waals surface area contributed by atoms with Crippen molar-refractivity contribution in [1.29, 1.82) is 0 Å². The van der Waals surface area contributed by atoms with Gasteiger partial charge in [0.2, 0.25) is 0 Å². The Morgan fingerprint density at radius 2 is 1.85 bits per heavy atom. The third kappa shape index (κ3) is 0.675. The second kappa shape index (κ2) is 1.97. The Morgan fingerprint density at radius 3 is 2.23 bits per heavy atom. The van der Waals surface area contributed by atoms with Gasteiger partial charge in [0.05, 0.1) is 5.41 Å². The van der Waals surface area contributed by atoms with Gasteiger partial charge in [0.1, 0.15) is 5.78 Å². The van der Waals surface area contributed by atoms with Gasteiger partial charge in [0.15, 0.2) is 0 Å². The standard InChI is InChI=1S/C10H12O3/c11-8-5-1-7-2-6(8)4-10(7,3-5)9(12)13/h5-7H,1-4H2,(H,12,13). The summed E-state index contributed by atoms with van der Waals surface area (Å²) in [5.74, 6) is 0.181. The summed E-state index contributed by atoms with van der Waals surface area (Å²) < 4.78 is 0. The van der Waals surface area contributed by atoms with Crippen LogP contribution in [0.25, 0.3) is 0 Å². The zero-order valence-electron chi connectivity index (χ0n) is 7.32. The molecule has 70 valence electrons. The Morgan fingerprint density at radius 1 is 1.31 bits per heavy atom. The molecule has 0 radical (unpaired) electrons. The van der Waals surface area contributed by atoms with Gasteiger partial charge in [0.25, 0.3) is 0 Å². The van der Waals surface area contributed by atoms with E-state index >= 15 is 0 Å². The van der Waals surface area contributed by atoms with E-state index in [1.165, 1.54) is 0 Å². The summed E-state index contributed by atoms with van der Waals surface area (Å²) in [4.78, 5) is 22.8. The predicted octanol–water partition coefficient (Wildman–Crippen LogP) is 1.08. The molecule has 0 heterocycles. The van der Waals surface area contributed by atoms with Gasteiger partial charge < -0.3 is 5.11 Å². The van der Waals surface area contributed by atoms with Crippen molar-refractivity contribution in [2.24, 2.45) is 23.2 Å². The minimum Gasteiger partial charge on any atom is -0.481 e. The quantitative estimate of drug-likeness (QED) is 0.656. The lowest BCUT2D eigenvalue weighted by atomic mass is 9.75. The maximum atomic E-state index is 11.6. The van der Waals surface area contributed by atoms with Crippen LogP contribution in [0.5, 0.6) is 0 Å². The summed E-state index contributed by atoms with van der Waals surface area (Å²) in [6.45, 7) is 0. The third-order valence-corrected chi connectivity index (χ3v) is 4.37. The fourth-order valence-corrected chi connectivity index (χ4v) is 3.81. The fraction of sp³-hybridized carbons (Fsp3) is 0.800. The fourth-order valence-electron chi connectivity index (χ4n) is 3.81. The Kier molecular flexibility index (Phi) is 1.14. The van der Waals surface area contributed by atoms with Crippen molar-refractivity contribution in [2.75, 3.05) is 0 Å². The molecule has 0 aromatic rings. The van der Waals surface area contributed by atoms with Crippen LogP contribution in [0.2, 0.25) is 0 Å². The van der Waals surface area contributed by atoms with Crippen molar-refractivity contribution in [2.45, 2.75) is 25.7 Å². The summed E-state index contributed by atoms with van der Waals surface area (Å²) in [6.07, 6.45) is 2.95. The number of hydrogen-bond donors (Lipinski definition) is 1. The molecule has 0 amide bonds. The lowest BCUT2D eigenvalue weighted by Crippen LogP contribution is -2.35. The molecular formula is C10H12O3. The highest BCUT2D eigenvalue weighted by Gasteiger charge is 2.65. The molecule has 4 fully saturated rings. The van der Waals surface area contributed by atoms with Crippen LogP contribution in [0.4, 0.5) is 0 Å². The minimum absolute atomic E-state index is 0.0913. The summed E-state index contributed by atoms with van der Waals surface area (Å²) in [7, 11) is 0. The molecule has 0 spiro atoms. The molecule has 4 rings (SSSR count). The van der Waals surface area contributed by atoms with Gasteiger partial charge in [-0.3, -0.25) is 9.59 Å². The predicted molar refractivity (Wildman–Crippen MR) is 44.0 cm³/mol. The van der Waals surface area contributed by atoms with Crippen LogP contribution in [0.15, 0.2) is 0 Å². The van der Waals surface area contributed by atoms with E-state index in [0.717, 1.165) is 12.8 Å². The van der Waals surface area contributed by atoms with E-state index in [9.17, 15) is 14.7 Å². The lowest BCUT2D eigenvalue weighted by Gasteiger charge is -2.27. The molecule has 3 heteroatoms. The van der Waals surface area contributed by atoms with E-state index < -0.39 is 11.4 Å². The molecule has 2 atom stereocenters. The molecule has 4 bridgehead atoms. The first-order valence-corrected chi connectivity index (χ1v) is 4.90. The number of rotatable bonds is 1. The van der Waals surface area contributed by atoms with Crippen LogP contribution in [0, 0.1) is 23.2 Å². The van der Waals surface area contributed by atoms with Gasteiger partial charge in [-0.1, -0.05) is 0 Å². The van der Waals surface area contributed by atoms with Crippen LogP contribution in [-0.4, -0.2) is 16.9 Å². The summed E-state index contributed by atoms with van der Waals surface area (Å²) in [5, 5.41) is 9.19. The smallest absolute Gasteiger partial charge is 0.309 e. The molecule has 4 saturated carbocycles. The first-order valence-electron chi connectivity index (χ1n) is 4.90.